The van der Waals surface area contributed by atoms with Crippen molar-refractivity contribution in [1.82, 2.24) is 4.90 Å². The Morgan fingerprint density at radius 2 is 1.67 bits per heavy atom. The number of ether oxygens (including phenoxy) is 1. The van der Waals surface area contributed by atoms with Crippen molar-refractivity contribution in [3.05, 3.63) is 93.3 Å². The molecule has 2 saturated heterocycles. The number of halogens is 2. The summed E-state index contributed by atoms with van der Waals surface area (Å²) in [5.41, 5.74) is 5.55. The van der Waals surface area contributed by atoms with Crippen molar-refractivity contribution >= 4 is 38.8 Å². The molecular formula is C40H49F2N5O4S. The van der Waals surface area contributed by atoms with Crippen LogP contribution in [0, 0.1) is 44.9 Å². The number of aryl methyl sites for hydroxylation is 2. The zero-order chi connectivity index (χ0) is 38.1. The van der Waals surface area contributed by atoms with E-state index in [0.717, 1.165) is 54.7 Å². The summed E-state index contributed by atoms with van der Waals surface area (Å²) < 4.78 is 51.9. The number of piperidine rings is 1. The summed E-state index contributed by atoms with van der Waals surface area (Å²) in [6, 6.07) is 10.6. The van der Waals surface area contributed by atoms with Crippen molar-refractivity contribution in [3.63, 3.8) is 0 Å². The van der Waals surface area contributed by atoms with E-state index in [0.29, 0.717) is 42.5 Å². The molecular weight excluding hydrogens is 685 g/mol. The Morgan fingerprint density at radius 3 is 2.31 bits per heavy atom. The third-order valence-corrected chi connectivity index (χ3v) is 11.7. The van der Waals surface area contributed by atoms with E-state index in [9.17, 15) is 18.2 Å². The lowest BCUT2D eigenvalue weighted by Gasteiger charge is -2.42. The molecule has 0 spiro atoms. The number of carbonyl (C=O) groups excluding carboxylic acids is 2. The van der Waals surface area contributed by atoms with E-state index in [1.165, 1.54) is 36.1 Å². The molecule has 278 valence electrons. The van der Waals surface area contributed by atoms with Gasteiger partial charge in [0.25, 0.3) is 5.91 Å². The van der Waals surface area contributed by atoms with Gasteiger partial charge in [-0.2, -0.15) is 0 Å². The predicted molar refractivity (Wildman–Crippen MR) is 202 cm³/mol. The fourth-order valence-electron chi connectivity index (χ4n) is 7.60. The van der Waals surface area contributed by atoms with Gasteiger partial charge < -0.3 is 19.4 Å². The van der Waals surface area contributed by atoms with Crippen LogP contribution in [0.25, 0.3) is 4.85 Å². The third-order valence-electron chi connectivity index (χ3n) is 10.0. The highest BCUT2D eigenvalue weighted by atomic mass is 32.2. The Labute approximate surface area is 306 Å². The second-order valence-electron chi connectivity index (χ2n) is 15.1. The molecule has 0 radical (unpaired) electrons. The summed E-state index contributed by atoms with van der Waals surface area (Å²) in [7, 11) is -3.51. The molecule has 0 aromatic heterocycles. The molecule has 0 aliphatic carbocycles. The number of carbonyl (C=O) groups is 2. The van der Waals surface area contributed by atoms with Crippen LogP contribution in [-0.2, 0) is 20.9 Å². The number of hydrogen-bond acceptors (Lipinski definition) is 6. The second-order valence-corrected chi connectivity index (χ2v) is 17.3. The van der Waals surface area contributed by atoms with Gasteiger partial charge in [-0.05, 0) is 126 Å². The smallest absolute Gasteiger partial charge is 0.442 e. The average Bonchev–Trinajstić information content (AvgIpc) is 3.05. The van der Waals surface area contributed by atoms with Gasteiger partial charge in [-0.15, -0.1) is 4.36 Å². The van der Waals surface area contributed by atoms with Crippen molar-refractivity contribution in [2.24, 2.45) is 10.3 Å². The summed E-state index contributed by atoms with van der Waals surface area (Å²) in [5, 5.41) is 0. The highest BCUT2D eigenvalue weighted by Crippen LogP contribution is 2.36. The highest BCUT2D eigenvalue weighted by molar-refractivity contribution is 7.93. The topological polar surface area (TPSA) is 86.9 Å². The summed E-state index contributed by atoms with van der Waals surface area (Å²) in [6.07, 6.45) is 2.89. The maximum Gasteiger partial charge on any atom is 0.442 e. The molecule has 12 heteroatoms. The second kappa shape index (κ2) is 15.2. The van der Waals surface area contributed by atoms with Gasteiger partial charge in [0.2, 0.25) is 5.69 Å². The summed E-state index contributed by atoms with van der Waals surface area (Å²) in [4.78, 5) is 36.1. The molecule has 2 amide bonds. The van der Waals surface area contributed by atoms with Gasteiger partial charge in [-0.1, -0.05) is 12.1 Å². The molecule has 2 aliphatic heterocycles. The van der Waals surface area contributed by atoms with Crippen molar-refractivity contribution in [3.8, 4) is 0 Å². The zero-order valence-corrected chi connectivity index (χ0v) is 32.2. The first kappa shape index (κ1) is 38.7. The molecule has 52 heavy (non-hydrogen) atoms. The van der Waals surface area contributed by atoms with Crippen LogP contribution in [0.5, 0.6) is 0 Å². The number of rotatable bonds is 6. The van der Waals surface area contributed by atoms with E-state index in [4.69, 9.17) is 11.3 Å². The summed E-state index contributed by atoms with van der Waals surface area (Å²) in [5.74, 6) is -0.792. The first-order valence-electron chi connectivity index (χ1n) is 17.7. The molecule has 3 aromatic rings. The Hall–Kier alpha value is -4.50. The minimum Gasteiger partial charge on any atom is -0.442 e. The van der Waals surface area contributed by atoms with Crippen molar-refractivity contribution < 1.29 is 27.3 Å². The molecule has 2 aliphatic rings. The van der Waals surface area contributed by atoms with Gasteiger partial charge in [0.15, 0.2) is 0 Å². The zero-order valence-electron chi connectivity index (χ0n) is 31.4. The number of anilines is 2. The number of nitrogens with zero attached hydrogens (tertiary/aromatic N) is 5. The molecule has 0 unspecified atom stereocenters. The van der Waals surface area contributed by atoms with Crippen molar-refractivity contribution in [1.29, 1.82) is 0 Å². The minimum atomic E-state index is -3.51. The van der Waals surface area contributed by atoms with Crippen LogP contribution in [0.4, 0.5) is 30.6 Å². The van der Waals surface area contributed by atoms with Gasteiger partial charge >= 0.3 is 6.09 Å². The lowest BCUT2D eigenvalue weighted by molar-refractivity contribution is 0.0606. The number of piperazine rings is 1. The minimum absolute atomic E-state index is 0.0557. The van der Waals surface area contributed by atoms with Crippen LogP contribution in [0.3, 0.4) is 0 Å². The standard InChI is InChI=1S/C40H49F2N5O4S/c1-25-21-26(2)36(28(4)31(25)22-29-15-17-45(18-16-29)34-14-13-30(41)23-33(34)43-8)38(48)47-20-19-46(24-27(47)3)35-12-10-11-32(42)37(35)52(9,50)44-39(49)51-40(5,6)7/h10-14,21,23,27,29H,15-20,22,24H2,1-7,9H3/t27-,52-/m0/s1. The van der Waals surface area contributed by atoms with Crippen molar-refractivity contribution in [2.75, 3.05) is 48.8 Å². The van der Waals surface area contributed by atoms with Crippen LogP contribution < -0.4 is 9.80 Å². The lowest BCUT2D eigenvalue weighted by atomic mass is 9.83. The normalized spacial score (nSPS) is 18.1. The van der Waals surface area contributed by atoms with E-state index in [2.05, 4.69) is 27.1 Å². The molecule has 3 aromatic carbocycles. The van der Waals surface area contributed by atoms with Crippen molar-refractivity contribution in [2.45, 2.75) is 84.3 Å². The third kappa shape index (κ3) is 8.41. The molecule has 2 heterocycles. The molecule has 0 saturated carbocycles. The summed E-state index contributed by atoms with van der Waals surface area (Å²) in [6.45, 7) is 23.2. The van der Waals surface area contributed by atoms with Gasteiger partial charge in [-0.25, -0.2) is 22.6 Å². The fourth-order valence-corrected chi connectivity index (χ4v) is 9.03. The SMILES string of the molecule is [C-]#[N+]c1cc(F)ccc1N1CCC(Cc2c(C)cc(C)c(C(=O)N3CCN(c4cccc(F)c4[S@](C)(=O)=NC(=O)OC(C)(C)C)C[C@@H]3C)c2C)CC1. The number of hydrogen-bond donors (Lipinski definition) is 0. The van der Waals surface area contributed by atoms with Gasteiger partial charge in [-0.3, -0.25) is 4.79 Å². The first-order valence-corrected chi connectivity index (χ1v) is 19.6. The lowest BCUT2D eigenvalue weighted by Crippen LogP contribution is -2.54. The predicted octanol–water partition coefficient (Wildman–Crippen LogP) is 8.64. The van der Waals surface area contributed by atoms with E-state index in [1.54, 1.807) is 32.9 Å². The van der Waals surface area contributed by atoms with Gasteiger partial charge in [0, 0.05) is 56.3 Å². The molecule has 9 nitrogen and oxygen atoms in total. The maximum atomic E-state index is 15.4. The van der Waals surface area contributed by atoms with Crippen LogP contribution in [0.15, 0.2) is 51.7 Å². The highest BCUT2D eigenvalue weighted by Gasteiger charge is 2.33. The average molecular weight is 734 g/mol. The molecule has 0 N–H and O–H groups in total. The van der Waals surface area contributed by atoms with Crippen LogP contribution in [0.1, 0.15) is 73.1 Å². The summed E-state index contributed by atoms with van der Waals surface area (Å²) >= 11 is 0. The molecule has 2 atom stereocenters. The monoisotopic (exact) mass is 733 g/mol. The van der Waals surface area contributed by atoms with Crippen LogP contribution in [0.2, 0.25) is 0 Å². The van der Waals surface area contributed by atoms with Gasteiger partial charge in [0.05, 0.1) is 22.0 Å². The van der Waals surface area contributed by atoms with E-state index >= 15 is 4.39 Å². The van der Waals surface area contributed by atoms with E-state index < -0.39 is 33.1 Å². The van der Waals surface area contributed by atoms with Crippen LogP contribution >= 0.6 is 0 Å². The fraction of sp³-hybridized carbons (Fsp3) is 0.475. The van der Waals surface area contributed by atoms with E-state index in [-0.39, 0.29) is 16.8 Å². The molecule has 2 fully saturated rings. The van der Waals surface area contributed by atoms with E-state index in [1.807, 2.05) is 30.6 Å². The Bertz CT molecular complexity index is 2040. The molecule has 0 bridgehead atoms. The Kier molecular flexibility index (Phi) is 11.3. The Morgan fingerprint density at radius 1 is 0.981 bits per heavy atom. The molecule has 5 rings (SSSR count). The first-order chi connectivity index (χ1) is 24.4. The maximum absolute atomic E-state index is 15.4. The Balaban J connectivity index is 1.32. The number of amides is 2. The quantitative estimate of drug-likeness (QED) is 0.236. The van der Waals surface area contributed by atoms with Gasteiger partial charge in [0.1, 0.15) is 22.1 Å². The largest absolute Gasteiger partial charge is 0.442 e. The number of benzene rings is 3. The van der Waals surface area contributed by atoms with Crippen LogP contribution in [-0.4, -0.2) is 71.7 Å².